The van der Waals surface area contributed by atoms with Crippen LogP contribution in [0.1, 0.15) is 66.7 Å². The summed E-state index contributed by atoms with van der Waals surface area (Å²) in [5.74, 6) is -0.232. The topological polar surface area (TPSA) is 78.4 Å². The summed E-state index contributed by atoms with van der Waals surface area (Å²) >= 11 is 0. The van der Waals surface area contributed by atoms with Gasteiger partial charge in [0.25, 0.3) is 0 Å². The molecule has 0 spiro atoms. The maximum Gasteiger partial charge on any atom is 0.315 e. The molecule has 0 aromatic carbocycles. The first-order valence-corrected chi connectivity index (χ1v) is 7.92. The minimum atomic E-state index is -1.04. The highest BCUT2D eigenvalue weighted by atomic mass is 16.4. The van der Waals surface area contributed by atoms with Crippen LogP contribution in [0.5, 0.6) is 0 Å². The molecule has 0 saturated heterocycles. The highest BCUT2D eigenvalue weighted by Crippen LogP contribution is 2.31. The van der Waals surface area contributed by atoms with Crippen molar-refractivity contribution in [3.05, 3.63) is 0 Å². The summed E-state index contributed by atoms with van der Waals surface area (Å²) in [6, 6.07) is -0.0662. The number of carboxylic acid groups (broad SMARTS) is 1. The van der Waals surface area contributed by atoms with E-state index in [-0.39, 0.29) is 12.1 Å². The molecule has 1 rings (SSSR count). The first-order chi connectivity index (χ1) is 9.60. The van der Waals surface area contributed by atoms with E-state index in [0.717, 1.165) is 25.7 Å². The molecule has 0 radical (unpaired) electrons. The van der Waals surface area contributed by atoms with Gasteiger partial charge < -0.3 is 15.7 Å². The third-order valence-electron chi connectivity index (χ3n) is 5.22. The molecule has 0 heterocycles. The van der Waals surface area contributed by atoms with E-state index < -0.39 is 16.9 Å². The molecule has 2 amide bonds. The van der Waals surface area contributed by atoms with Crippen molar-refractivity contribution in [2.24, 2.45) is 11.3 Å². The van der Waals surface area contributed by atoms with Gasteiger partial charge >= 0.3 is 12.0 Å². The summed E-state index contributed by atoms with van der Waals surface area (Å²) in [6.07, 6.45) is 5.57. The van der Waals surface area contributed by atoms with Crippen LogP contribution < -0.4 is 10.6 Å². The average Bonchev–Trinajstić information content (AvgIpc) is 2.37. The lowest BCUT2D eigenvalue weighted by atomic mass is 9.74. The van der Waals surface area contributed by atoms with Gasteiger partial charge in [-0.05, 0) is 46.5 Å². The van der Waals surface area contributed by atoms with Gasteiger partial charge in [0.15, 0.2) is 0 Å². The van der Waals surface area contributed by atoms with Crippen molar-refractivity contribution in [1.29, 1.82) is 0 Å². The molecule has 3 N–H and O–H groups in total. The maximum absolute atomic E-state index is 12.2. The average molecular weight is 298 g/mol. The van der Waals surface area contributed by atoms with E-state index in [2.05, 4.69) is 17.6 Å². The lowest BCUT2D eigenvalue weighted by Gasteiger charge is -2.39. The van der Waals surface area contributed by atoms with E-state index in [0.29, 0.717) is 5.92 Å². The minimum absolute atomic E-state index is 0.201. The Morgan fingerprint density at radius 1 is 1.19 bits per heavy atom. The SMILES string of the molecule is CCC1CCCC(NC(=O)NC(C)(C)C(C)(C)C(=O)O)C1. The predicted molar refractivity (Wildman–Crippen MR) is 83.2 cm³/mol. The van der Waals surface area contributed by atoms with Crippen molar-refractivity contribution in [3.8, 4) is 0 Å². The second-order valence-corrected chi connectivity index (χ2v) is 7.29. The van der Waals surface area contributed by atoms with Crippen LogP contribution in [0.25, 0.3) is 0 Å². The van der Waals surface area contributed by atoms with Crippen molar-refractivity contribution < 1.29 is 14.7 Å². The van der Waals surface area contributed by atoms with Crippen LogP contribution in [0.3, 0.4) is 0 Å². The smallest absolute Gasteiger partial charge is 0.315 e. The zero-order chi connectivity index (χ0) is 16.3. The van der Waals surface area contributed by atoms with Gasteiger partial charge in [0, 0.05) is 6.04 Å². The van der Waals surface area contributed by atoms with Crippen LogP contribution in [-0.4, -0.2) is 28.7 Å². The van der Waals surface area contributed by atoms with Gasteiger partial charge in [-0.3, -0.25) is 4.79 Å². The van der Waals surface area contributed by atoms with Gasteiger partial charge in [-0.15, -0.1) is 0 Å². The number of aliphatic carboxylic acids is 1. The van der Waals surface area contributed by atoms with Crippen molar-refractivity contribution in [2.75, 3.05) is 0 Å². The van der Waals surface area contributed by atoms with Crippen molar-refractivity contribution in [1.82, 2.24) is 10.6 Å². The first kappa shape index (κ1) is 17.8. The van der Waals surface area contributed by atoms with Crippen LogP contribution in [0.4, 0.5) is 4.79 Å². The van der Waals surface area contributed by atoms with Gasteiger partial charge in [-0.1, -0.05) is 26.2 Å². The standard InChI is InChI=1S/C16H30N2O3/c1-6-11-8-7-9-12(10-11)17-14(21)18-16(4,5)15(2,3)13(19)20/h11-12H,6-10H2,1-5H3,(H,19,20)(H2,17,18,21). The molecule has 1 saturated carbocycles. The number of urea groups is 1. The van der Waals surface area contributed by atoms with E-state index in [4.69, 9.17) is 0 Å². The van der Waals surface area contributed by atoms with Crippen molar-refractivity contribution >= 4 is 12.0 Å². The summed E-state index contributed by atoms with van der Waals surface area (Å²) in [4.78, 5) is 23.5. The third kappa shape index (κ3) is 4.35. The number of nitrogens with one attached hydrogen (secondary N) is 2. The zero-order valence-electron chi connectivity index (χ0n) is 14.0. The van der Waals surface area contributed by atoms with Crippen LogP contribution in [0.2, 0.25) is 0 Å². The molecule has 0 bridgehead atoms. The molecule has 5 heteroatoms. The first-order valence-electron chi connectivity index (χ1n) is 7.92. The van der Waals surface area contributed by atoms with E-state index in [9.17, 15) is 14.7 Å². The molecule has 0 aromatic heterocycles. The summed E-state index contributed by atoms with van der Waals surface area (Å²) in [5.41, 5.74) is -1.87. The molecule has 2 atom stereocenters. The van der Waals surface area contributed by atoms with Crippen LogP contribution in [0, 0.1) is 11.3 Å². The molecule has 122 valence electrons. The van der Waals surface area contributed by atoms with Crippen LogP contribution in [-0.2, 0) is 4.79 Å². The molecule has 1 aliphatic rings. The van der Waals surface area contributed by atoms with Gasteiger partial charge in [-0.2, -0.15) is 0 Å². The molecule has 0 aromatic rings. The van der Waals surface area contributed by atoms with Crippen LogP contribution >= 0.6 is 0 Å². The monoisotopic (exact) mass is 298 g/mol. The van der Waals surface area contributed by atoms with E-state index in [1.165, 1.54) is 6.42 Å². The molecule has 2 unspecified atom stereocenters. The minimum Gasteiger partial charge on any atom is -0.481 e. The third-order valence-corrected chi connectivity index (χ3v) is 5.22. The Hall–Kier alpha value is -1.26. The predicted octanol–water partition coefficient (Wildman–Crippen LogP) is 3.14. The quantitative estimate of drug-likeness (QED) is 0.729. The second-order valence-electron chi connectivity index (χ2n) is 7.29. The van der Waals surface area contributed by atoms with Crippen molar-refractivity contribution in [3.63, 3.8) is 0 Å². The molecule has 0 aliphatic heterocycles. The number of rotatable bonds is 5. The number of carboxylic acids is 1. The lowest BCUT2D eigenvalue weighted by Crippen LogP contribution is -2.60. The fraction of sp³-hybridized carbons (Fsp3) is 0.875. The number of hydrogen-bond donors (Lipinski definition) is 3. The van der Waals surface area contributed by atoms with Crippen molar-refractivity contribution in [2.45, 2.75) is 78.3 Å². The fourth-order valence-electron chi connectivity index (χ4n) is 2.72. The Bertz CT molecular complexity index is 391. The van der Waals surface area contributed by atoms with Gasteiger partial charge in [0.05, 0.1) is 11.0 Å². The largest absolute Gasteiger partial charge is 0.481 e. The zero-order valence-corrected chi connectivity index (χ0v) is 14.0. The second kappa shape index (κ2) is 6.67. The van der Waals surface area contributed by atoms with E-state index >= 15 is 0 Å². The Morgan fingerprint density at radius 3 is 2.33 bits per heavy atom. The Balaban J connectivity index is 2.58. The van der Waals surface area contributed by atoms with Gasteiger partial charge in [0.2, 0.25) is 0 Å². The number of amides is 2. The summed E-state index contributed by atoms with van der Waals surface area (Å²) in [7, 11) is 0. The Morgan fingerprint density at radius 2 is 1.81 bits per heavy atom. The molecular weight excluding hydrogens is 268 g/mol. The molecule has 1 aliphatic carbocycles. The molecular formula is C16H30N2O3. The summed E-state index contributed by atoms with van der Waals surface area (Å²) in [6.45, 7) is 8.94. The molecule has 5 nitrogen and oxygen atoms in total. The van der Waals surface area contributed by atoms with E-state index in [1.807, 2.05) is 0 Å². The Kier molecular flexibility index (Phi) is 5.65. The summed E-state index contributed by atoms with van der Waals surface area (Å²) < 4.78 is 0. The highest BCUT2D eigenvalue weighted by Gasteiger charge is 2.44. The maximum atomic E-state index is 12.2. The molecule has 21 heavy (non-hydrogen) atoms. The Labute approximate surface area is 127 Å². The fourth-order valence-corrected chi connectivity index (χ4v) is 2.72. The summed E-state index contributed by atoms with van der Waals surface area (Å²) in [5, 5.41) is 15.1. The highest BCUT2D eigenvalue weighted by molar-refractivity contribution is 5.79. The molecule has 1 fully saturated rings. The number of carbonyl (C=O) groups is 2. The van der Waals surface area contributed by atoms with Crippen LogP contribution in [0.15, 0.2) is 0 Å². The van der Waals surface area contributed by atoms with Gasteiger partial charge in [0.1, 0.15) is 0 Å². The number of hydrogen-bond acceptors (Lipinski definition) is 2. The van der Waals surface area contributed by atoms with Gasteiger partial charge in [-0.25, -0.2) is 4.79 Å². The number of carbonyl (C=O) groups excluding carboxylic acids is 1. The normalized spacial score (nSPS) is 23.5. The van der Waals surface area contributed by atoms with E-state index in [1.54, 1.807) is 27.7 Å². The lowest BCUT2D eigenvalue weighted by molar-refractivity contribution is -0.150.